The van der Waals surface area contributed by atoms with Crippen LogP contribution in [-0.4, -0.2) is 40.2 Å². The lowest BCUT2D eigenvalue weighted by atomic mass is 10.3. The van der Waals surface area contributed by atoms with Crippen molar-refractivity contribution in [1.29, 1.82) is 0 Å². The molecule has 0 aliphatic carbocycles. The Balaban J connectivity index is 2.27. The predicted molar refractivity (Wildman–Crippen MR) is 77.6 cm³/mol. The van der Waals surface area contributed by atoms with E-state index in [2.05, 4.69) is 0 Å². The first-order valence-electron chi connectivity index (χ1n) is 5.72. The lowest BCUT2D eigenvalue weighted by Crippen LogP contribution is -2.32. The molecule has 0 saturated carbocycles. The van der Waals surface area contributed by atoms with Gasteiger partial charge >= 0.3 is 0 Å². The second kappa shape index (κ2) is 8.02. The average molecular weight is 309 g/mol. The van der Waals surface area contributed by atoms with E-state index in [-0.39, 0.29) is 0 Å². The maximum absolute atomic E-state index is 6.12. The van der Waals surface area contributed by atoms with Crippen LogP contribution in [0.15, 0.2) is 24.3 Å². The average Bonchev–Trinajstić information content (AvgIpc) is 2.33. The van der Waals surface area contributed by atoms with Gasteiger partial charge in [0.25, 0.3) is 6.69 Å². The van der Waals surface area contributed by atoms with E-state index in [1.807, 2.05) is 30.8 Å². The fourth-order valence-electron chi connectivity index (χ4n) is 1.31. The van der Waals surface area contributed by atoms with Crippen LogP contribution >= 0.6 is 22.2 Å². The Morgan fingerprint density at radius 3 is 2.17 bits per heavy atom. The predicted octanol–water partition coefficient (Wildman–Crippen LogP) is 2.49. The summed E-state index contributed by atoms with van der Waals surface area (Å²) in [6, 6.07) is 7.57. The fourth-order valence-corrected chi connectivity index (χ4v) is 2.81. The molecule has 0 spiro atoms. The second-order valence-electron chi connectivity index (χ2n) is 3.87. The van der Waals surface area contributed by atoms with E-state index in [9.17, 15) is 0 Å². The van der Waals surface area contributed by atoms with Crippen molar-refractivity contribution in [1.82, 2.24) is 0 Å². The first-order chi connectivity index (χ1) is 8.54. The Kier molecular flexibility index (Phi) is 7.03. The zero-order chi connectivity index (χ0) is 13.4. The molecule has 3 nitrogen and oxygen atoms in total. The molecule has 0 aromatic heterocycles. The van der Waals surface area contributed by atoms with Crippen LogP contribution in [0.5, 0.6) is 5.75 Å². The maximum Gasteiger partial charge on any atom is 0.277 e. The van der Waals surface area contributed by atoms with Gasteiger partial charge in [-0.3, -0.25) is 0 Å². The summed E-state index contributed by atoms with van der Waals surface area (Å²) in [6.07, 6.45) is 0. The van der Waals surface area contributed by atoms with Crippen molar-refractivity contribution < 1.29 is 14.2 Å². The molecule has 18 heavy (non-hydrogen) atoms. The molecule has 6 heteroatoms. The van der Waals surface area contributed by atoms with Crippen LogP contribution in [0.25, 0.3) is 0 Å². The molecule has 0 bridgehead atoms. The van der Waals surface area contributed by atoms with Crippen molar-refractivity contribution in [3.8, 4) is 5.75 Å². The number of benzene rings is 1. The van der Waals surface area contributed by atoms with Gasteiger partial charge < -0.3 is 14.2 Å². The monoisotopic (exact) mass is 308 g/mol. The third-order valence-corrected chi connectivity index (χ3v) is 4.95. The molecule has 1 rings (SSSR count). The highest BCUT2D eigenvalue weighted by molar-refractivity contribution is 7.50. The van der Waals surface area contributed by atoms with E-state index < -0.39 is 6.69 Å². The van der Waals surface area contributed by atoms with Crippen LogP contribution < -0.4 is 9.92 Å². The van der Waals surface area contributed by atoms with E-state index >= 15 is 0 Å². The van der Waals surface area contributed by atoms with E-state index in [0.29, 0.717) is 26.4 Å². The number of rotatable bonds is 8. The molecular formula is C12H18Cl2O3Si. The number of methoxy groups -OCH3 is 1. The summed E-state index contributed by atoms with van der Waals surface area (Å²) in [6.45, 7) is 1.85. The minimum Gasteiger partial charge on any atom is -0.491 e. The molecule has 0 aliphatic rings. The highest BCUT2D eigenvalue weighted by atomic mass is 35.7. The Labute approximate surface area is 118 Å². The number of hydrogen-bond acceptors (Lipinski definition) is 3. The molecule has 0 aliphatic heterocycles. The zero-order valence-electron chi connectivity index (χ0n) is 10.6. The molecule has 0 unspecified atom stereocenters. The van der Waals surface area contributed by atoms with Crippen molar-refractivity contribution in [2.75, 3.05) is 33.5 Å². The molecule has 1 aromatic rings. The molecule has 102 valence electrons. The lowest BCUT2D eigenvalue weighted by Gasteiger charge is -2.12. The van der Waals surface area contributed by atoms with Gasteiger partial charge in [-0.1, -0.05) is 12.1 Å². The van der Waals surface area contributed by atoms with Crippen LogP contribution in [0.4, 0.5) is 0 Å². The minimum atomic E-state index is -2.26. The lowest BCUT2D eigenvalue weighted by molar-refractivity contribution is 0.0544. The van der Waals surface area contributed by atoms with Crippen molar-refractivity contribution in [2.45, 2.75) is 6.55 Å². The van der Waals surface area contributed by atoms with Crippen LogP contribution in [0.2, 0.25) is 6.55 Å². The number of halogens is 2. The van der Waals surface area contributed by atoms with Crippen molar-refractivity contribution in [3.63, 3.8) is 0 Å². The van der Waals surface area contributed by atoms with E-state index in [1.54, 1.807) is 7.11 Å². The molecule has 0 atom stereocenters. The summed E-state index contributed by atoms with van der Waals surface area (Å²) in [5.41, 5.74) is 0. The van der Waals surface area contributed by atoms with Gasteiger partial charge in [-0.2, -0.15) is 0 Å². The van der Waals surface area contributed by atoms with Crippen LogP contribution in [0.1, 0.15) is 0 Å². The molecule has 0 N–H and O–H groups in total. The summed E-state index contributed by atoms with van der Waals surface area (Å²) in [4.78, 5) is 0. The van der Waals surface area contributed by atoms with Crippen molar-refractivity contribution in [3.05, 3.63) is 24.3 Å². The van der Waals surface area contributed by atoms with Gasteiger partial charge in [0.1, 0.15) is 12.4 Å². The maximum atomic E-state index is 6.12. The van der Waals surface area contributed by atoms with Crippen LogP contribution in [0, 0.1) is 0 Å². The Morgan fingerprint density at radius 1 is 1.00 bits per heavy atom. The van der Waals surface area contributed by atoms with E-state index in [0.717, 1.165) is 10.9 Å². The molecule has 0 fully saturated rings. The summed E-state index contributed by atoms with van der Waals surface area (Å²) in [5.74, 6) is 0.792. The number of ether oxygens (including phenoxy) is 3. The first kappa shape index (κ1) is 15.8. The van der Waals surface area contributed by atoms with Gasteiger partial charge in [-0.25, -0.2) is 0 Å². The van der Waals surface area contributed by atoms with Gasteiger partial charge in [0.05, 0.1) is 19.8 Å². The molecule has 0 amide bonds. The number of hydrogen-bond donors (Lipinski definition) is 0. The van der Waals surface area contributed by atoms with E-state index in [1.165, 1.54) is 0 Å². The van der Waals surface area contributed by atoms with E-state index in [4.69, 9.17) is 36.4 Å². The van der Waals surface area contributed by atoms with Gasteiger partial charge in [0, 0.05) is 7.11 Å². The zero-order valence-corrected chi connectivity index (χ0v) is 13.1. The van der Waals surface area contributed by atoms with Crippen LogP contribution in [-0.2, 0) is 9.47 Å². The second-order valence-corrected chi connectivity index (χ2v) is 11.3. The van der Waals surface area contributed by atoms with Gasteiger partial charge in [-0.15, -0.1) is 22.2 Å². The summed E-state index contributed by atoms with van der Waals surface area (Å²) >= 11 is 12.2. The third kappa shape index (κ3) is 6.07. The molecule has 0 radical (unpaired) electrons. The smallest absolute Gasteiger partial charge is 0.277 e. The molecule has 0 saturated heterocycles. The third-order valence-electron chi connectivity index (χ3n) is 2.29. The summed E-state index contributed by atoms with van der Waals surface area (Å²) in [5, 5.41) is 0.981. The Hall–Kier alpha value is -0.263. The molecule has 1 aromatic carbocycles. The highest BCUT2D eigenvalue weighted by Crippen LogP contribution is 2.16. The van der Waals surface area contributed by atoms with Crippen molar-refractivity contribution >= 4 is 34.0 Å². The SMILES string of the molecule is COCCOCCOc1ccc([Si](C)(Cl)Cl)cc1. The van der Waals surface area contributed by atoms with Crippen LogP contribution in [0.3, 0.4) is 0 Å². The fraction of sp³-hybridized carbons (Fsp3) is 0.500. The topological polar surface area (TPSA) is 27.7 Å². The van der Waals surface area contributed by atoms with Gasteiger partial charge in [-0.05, 0) is 23.9 Å². The highest BCUT2D eigenvalue weighted by Gasteiger charge is 2.23. The molecule has 0 heterocycles. The first-order valence-corrected chi connectivity index (χ1v) is 10.2. The minimum absolute atomic E-state index is 0.513. The normalized spacial score (nSPS) is 11.6. The molecular weight excluding hydrogens is 291 g/mol. The Morgan fingerprint density at radius 2 is 1.61 bits per heavy atom. The van der Waals surface area contributed by atoms with Gasteiger partial charge in [0.2, 0.25) is 0 Å². The summed E-state index contributed by atoms with van der Waals surface area (Å²) < 4.78 is 15.7. The Bertz CT molecular complexity index is 338. The quantitative estimate of drug-likeness (QED) is 0.419. The largest absolute Gasteiger partial charge is 0.491 e. The standard InChI is InChI=1S/C12H18Cl2O3Si/c1-15-7-8-16-9-10-17-11-3-5-12(6-4-11)18(2,13)14/h3-6H,7-10H2,1-2H3. The van der Waals surface area contributed by atoms with Crippen molar-refractivity contribution in [2.24, 2.45) is 0 Å². The van der Waals surface area contributed by atoms with Gasteiger partial charge in [0.15, 0.2) is 0 Å². The summed E-state index contributed by atoms with van der Waals surface area (Å²) in [7, 11) is 1.65.